The topological polar surface area (TPSA) is 57.6 Å². The molecule has 2 N–H and O–H groups in total. The molecule has 0 aliphatic heterocycles. The summed E-state index contributed by atoms with van der Waals surface area (Å²) in [4.78, 5) is 6.51. The van der Waals surface area contributed by atoms with Crippen LogP contribution in [0.25, 0.3) is 0 Å². The number of ether oxygens (including phenoxy) is 1. The van der Waals surface area contributed by atoms with Crippen LogP contribution in [-0.2, 0) is 4.74 Å². The van der Waals surface area contributed by atoms with Gasteiger partial charge in [-0.3, -0.25) is 4.98 Å². The number of nitrogens with zero attached hydrogens (tertiary/aromatic N) is 2. The molecule has 1 aromatic rings. The minimum absolute atomic E-state index is 0.0713. The Morgan fingerprint density at radius 3 is 2.78 bits per heavy atom. The van der Waals surface area contributed by atoms with Gasteiger partial charge in [0.25, 0.3) is 0 Å². The fraction of sp³-hybridized carbons (Fsp3) is 0.615. The van der Waals surface area contributed by atoms with E-state index < -0.39 is 0 Å². The maximum absolute atomic E-state index is 8.60. The number of nitrogens with one attached hydrogen (secondary N) is 1. The van der Waals surface area contributed by atoms with E-state index in [4.69, 9.17) is 9.84 Å². The largest absolute Gasteiger partial charge is 0.394 e. The average molecular weight is 253 g/mol. The average Bonchev–Trinajstić information content (AvgIpc) is 2.42. The van der Waals surface area contributed by atoms with Gasteiger partial charge in [-0.2, -0.15) is 0 Å². The quantitative estimate of drug-likeness (QED) is 0.671. The van der Waals surface area contributed by atoms with Gasteiger partial charge in [-0.25, -0.2) is 0 Å². The van der Waals surface area contributed by atoms with E-state index in [2.05, 4.69) is 28.2 Å². The van der Waals surface area contributed by atoms with Gasteiger partial charge in [0.15, 0.2) is 0 Å². The molecule has 1 heterocycles. The van der Waals surface area contributed by atoms with Gasteiger partial charge >= 0.3 is 0 Å². The van der Waals surface area contributed by atoms with E-state index in [1.807, 2.05) is 26.4 Å². The van der Waals surface area contributed by atoms with Crippen molar-refractivity contribution in [2.45, 2.75) is 13.0 Å². The Morgan fingerprint density at radius 1 is 1.44 bits per heavy atom. The Morgan fingerprint density at radius 2 is 2.22 bits per heavy atom. The third-order valence-electron chi connectivity index (χ3n) is 2.89. The number of hydrogen-bond acceptors (Lipinski definition) is 5. The lowest BCUT2D eigenvalue weighted by molar-refractivity contribution is 0.0971. The molecule has 0 radical (unpaired) electrons. The van der Waals surface area contributed by atoms with E-state index in [1.54, 1.807) is 0 Å². The molecule has 0 bridgehead atoms. The lowest BCUT2D eigenvalue weighted by atomic mass is 10.2. The molecule has 5 nitrogen and oxygen atoms in total. The minimum Gasteiger partial charge on any atom is -0.394 e. The second-order valence-electron chi connectivity index (χ2n) is 4.21. The van der Waals surface area contributed by atoms with Gasteiger partial charge in [-0.05, 0) is 26.1 Å². The summed E-state index contributed by atoms with van der Waals surface area (Å²) in [7, 11) is 3.92. The van der Waals surface area contributed by atoms with E-state index >= 15 is 0 Å². The highest BCUT2D eigenvalue weighted by molar-refractivity contribution is 5.43. The first-order valence-electron chi connectivity index (χ1n) is 6.22. The molecular weight excluding hydrogens is 230 g/mol. The van der Waals surface area contributed by atoms with Crippen LogP contribution in [0.4, 0.5) is 5.69 Å². The summed E-state index contributed by atoms with van der Waals surface area (Å²) in [5.74, 6) is 0. The molecule has 0 fully saturated rings. The molecule has 1 atom stereocenters. The van der Waals surface area contributed by atoms with Crippen LogP contribution in [0.3, 0.4) is 0 Å². The number of rotatable bonds is 8. The first-order chi connectivity index (χ1) is 8.69. The molecule has 0 saturated carbocycles. The van der Waals surface area contributed by atoms with E-state index in [0.717, 1.165) is 17.9 Å². The highest BCUT2D eigenvalue weighted by Crippen LogP contribution is 2.14. The van der Waals surface area contributed by atoms with Crippen LogP contribution in [-0.4, -0.2) is 50.6 Å². The predicted molar refractivity (Wildman–Crippen MR) is 72.9 cm³/mol. The van der Waals surface area contributed by atoms with Gasteiger partial charge in [0.05, 0.1) is 37.4 Å². The van der Waals surface area contributed by atoms with Crippen LogP contribution in [0.2, 0.25) is 0 Å². The second-order valence-corrected chi connectivity index (χ2v) is 4.21. The molecule has 18 heavy (non-hydrogen) atoms. The Hall–Kier alpha value is -1.17. The Kier molecular flexibility index (Phi) is 6.64. The van der Waals surface area contributed by atoms with Crippen LogP contribution in [0.1, 0.15) is 18.7 Å². The molecule has 102 valence electrons. The number of aromatic nitrogens is 1. The molecule has 0 aliphatic rings. The molecular formula is C13H23N3O2. The summed E-state index contributed by atoms with van der Waals surface area (Å²) in [5, 5.41) is 11.8. The molecule has 0 aromatic carbocycles. The van der Waals surface area contributed by atoms with Gasteiger partial charge < -0.3 is 20.1 Å². The third kappa shape index (κ3) is 4.60. The molecule has 1 aromatic heterocycles. The maximum Gasteiger partial charge on any atom is 0.0698 e. The SMILES string of the molecule is CNC(C)c1ccc(N(C)CCOCCO)cn1. The molecule has 5 heteroatoms. The zero-order valence-corrected chi connectivity index (χ0v) is 11.4. The van der Waals surface area contributed by atoms with Crippen LogP contribution in [0.5, 0.6) is 0 Å². The number of hydrogen-bond donors (Lipinski definition) is 2. The van der Waals surface area contributed by atoms with Crippen molar-refractivity contribution in [2.24, 2.45) is 0 Å². The van der Waals surface area contributed by atoms with Crippen molar-refractivity contribution in [3.8, 4) is 0 Å². The van der Waals surface area contributed by atoms with Gasteiger partial charge in [0.1, 0.15) is 0 Å². The molecule has 0 saturated heterocycles. The zero-order valence-electron chi connectivity index (χ0n) is 11.4. The smallest absolute Gasteiger partial charge is 0.0698 e. The molecule has 1 rings (SSSR count). The summed E-state index contributed by atoms with van der Waals surface area (Å²) in [6.45, 7) is 3.93. The number of likely N-dealkylation sites (N-methyl/N-ethyl adjacent to an activating group) is 1. The fourth-order valence-electron chi connectivity index (χ4n) is 1.52. The first-order valence-corrected chi connectivity index (χ1v) is 6.22. The molecule has 0 spiro atoms. The molecule has 0 aliphatic carbocycles. The predicted octanol–water partition coefficient (Wildman–Crippen LogP) is 0.807. The first kappa shape index (κ1) is 14.9. The second kappa shape index (κ2) is 8.02. The third-order valence-corrected chi connectivity index (χ3v) is 2.89. The van der Waals surface area contributed by atoms with Crippen molar-refractivity contribution in [1.29, 1.82) is 0 Å². The lowest BCUT2D eigenvalue weighted by Gasteiger charge is -2.19. The van der Waals surface area contributed by atoms with Crippen LogP contribution in [0.15, 0.2) is 18.3 Å². The molecule has 1 unspecified atom stereocenters. The fourth-order valence-corrected chi connectivity index (χ4v) is 1.52. The maximum atomic E-state index is 8.60. The van der Waals surface area contributed by atoms with Gasteiger partial charge in [0.2, 0.25) is 0 Å². The van der Waals surface area contributed by atoms with Crippen molar-refractivity contribution in [1.82, 2.24) is 10.3 Å². The van der Waals surface area contributed by atoms with E-state index in [1.165, 1.54) is 0 Å². The minimum atomic E-state index is 0.0713. The standard InChI is InChI=1S/C13H23N3O2/c1-11(14-2)13-5-4-12(10-15-13)16(3)6-8-18-9-7-17/h4-5,10-11,14,17H,6-9H2,1-3H3. The van der Waals surface area contributed by atoms with Crippen molar-refractivity contribution in [3.05, 3.63) is 24.0 Å². The zero-order chi connectivity index (χ0) is 13.4. The number of pyridine rings is 1. The van der Waals surface area contributed by atoms with Crippen molar-refractivity contribution >= 4 is 5.69 Å². The summed E-state index contributed by atoms with van der Waals surface area (Å²) in [6, 6.07) is 4.35. The highest BCUT2D eigenvalue weighted by atomic mass is 16.5. The number of anilines is 1. The lowest BCUT2D eigenvalue weighted by Crippen LogP contribution is -2.23. The Labute approximate surface area is 109 Å². The van der Waals surface area contributed by atoms with Gasteiger partial charge in [-0.15, -0.1) is 0 Å². The normalized spacial score (nSPS) is 12.4. The van der Waals surface area contributed by atoms with E-state index in [-0.39, 0.29) is 12.6 Å². The highest BCUT2D eigenvalue weighted by Gasteiger charge is 2.05. The monoisotopic (exact) mass is 253 g/mol. The Balaban J connectivity index is 2.46. The summed E-state index contributed by atoms with van der Waals surface area (Å²) in [5.41, 5.74) is 2.10. The van der Waals surface area contributed by atoms with Gasteiger partial charge in [0, 0.05) is 19.6 Å². The van der Waals surface area contributed by atoms with E-state index in [9.17, 15) is 0 Å². The van der Waals surface area contributed by atoms with Crippen LogP contribution >= 0.6 is 0 Å². The van der Waals surface area contributed by atoms with E-state index in [0.29, 0.717) is 13.2 Å². The summed E-state index contributed by atoms with van der Waals surface area (Å²) >= 11 is 0. The summed E-state index contributed by atoms with van der Waals surface area (Å²) < 4.78 is 5.23. The van der Waals surface area contributed by atoms with Crippen molar-refractivity contribution < 1.29 is 9.84 Å². The van der Waals surface area contributed by atoms with Crippen LogP contribution in [0, 0.1) is 0 Å². The Bertz CT molecular complexity index is 330. The number of aliphatic hydroxyl groups is 1. The van der Waals surface area contributed by atoms with Gasteiger partial charge in [-0.1, -0.05) is 0 Å². The summed E-state index contributed by atoms with van der Waals surface area (Å²) in [6.07, 6.45) is 1.87. The molecule has 0 amide bonds. The van der Waals surface area contributed by atoms with Crippen LogP contribution < -0.4 is 10.2 Å². The van der Waals surface area contributed by atoms with Crippen molar-refractivity contribution in [3.63, 3.8) is 0 Å². The number of aliphatic hydroxyl groups excluding tert-OH is 1. The van der Waals surface area contributed by atoms with Crippen molar-refractivity contribution in [2.75, 3.05) is 45.4 Å².